The molecule has 2 aromatic carbocycles. The second kappa shape index (κ2) is 8.23. The molecule has 1 aliphatic heterocycles. The summed E-state index contributed by atoms with van der Waals surface area (Å²) >= 11 is 0. The van der Waals surface area contributed by atoms with E-state index in [1.165, 1.54) is 4.90 Å². The van der Waals surface area contributed by atoms with Crippen molar-refractivity contribution in [3.8, 4) is 11.8 Å². The van der Waals surface area contributed by atoms with Crippen molar-refractivity contribution in [2.45, 2.75) is 19.1 Å². The van der Waals surface area contributed by atoms with Gasteiger partial charge in [0.1, 0.15) is 18.4 Å². The molecule has 0 aliphatic carbocycles. The maximum Gasteiger partial charge on any atom is 0.410 e. The van der Waals surface area contributed by atoms with Gasteiger partial charge in [-0.15, -0.1) is 0 Å². The van der Waals surface area contributed by atoms with E-state index in [1.54, 1.807) is 31.4 Å². The average molecular weight is 365 g/mol. The van der Waals surface area contributed by atoms with Crippen LogP contribution in [0, 0.1) is 11.3 Å². The molecule has 0 aromatic heterocycles. The summed E-state index contributed by atoms with van der Waals surface area (Å²) in [5, 5.41) is 12.0. The summed E-state index contributed by atoms with van der Waals surface area (Å²) in [5.41, 5.74) is 1.96. The van der Waals surface area contributed by atoms with Crippen LogP contribution in [0.1, 0.15) is 16.7 Å². The fourth-order valence-corrected chi connectivity index (χ4v) is 2.94. The Hall–Kier alpha value is -3.53. The SMILES string of the molecule is COc1ccccc1CNC(=O)[C@@H]1COC(=O)N1Cc1ccccc1C#N. The topological polar surface area (TPSA) is 91.7 Å². The predicted molar refractivity (Wildman–Crippen MR) is 96.7 cm³/mol. The Morgan fingerprint density at radius 2 is 1.96 bits per heavy atom. The molecule has 0 radical (unpaired) electrons. The number of rotatable bonds is 6. The van der Waals surface area contributed by atoms with E-state index in [0.717, 1.165) is 5.56 Å². The van der Waals surface area contributed by atoms with E-state index in [0.29, 0.717) is 16.9 Å². The summed E-state index contributed by atoms with van der Waals surface area (Å²) in [6.07, 6.45) is -0.569. The first-order valence-electron chi connectivity index (χ1n) is 8.45. The molecule has 2 amide bonds. The second-order valence-corrected chi connectivity index (χ2v) is 6.02. The summed E-state index contributed by atoms with van der Waals surface area (Å²) in [4.78, 5) is 26.1. The Morgan fingerprint density at radius 3 is 2.70 bits per heavy atom. The van der Waals surface area contributed by atoms with Gasteiger partial charge in [-0.05, 0) is 17.7 Å². The van der Waals surface area contributed by atoms with Crippen LogP contribution in [-0.4, -0.2) is 36.7 Å². The second-order valence-electron chi connectivity index (χ2n) is 6.02. The molecule has 2 aromatic rings. The van der Waals surface area contributed by atoms with Crippen molar-refractivity contribution in [3.05, 3.63) is 65.2 Å². The van der Waals surface area contributed by atoms with Crippen molar-refractivity contribution in [3.63, 3.8) is 0 Å². The Labute approximate surface area is 157 Å². The van der Waals surface area contributed by atoms with Gasteiger partial charge in [-0.3, -0.25) is 9.69 Å². The highest BCUT2D eigenvalue weighted by atomic mass is 16.6. The molecule has 27 heavy (non-hydrogen) atoms. The average Bonchev–Trinajstić information content (AvgIpc) is 3.07. The van der Waals surface area contributed by atoms with E-state index in [4.69, 9.17) is 9.47 Å². The third-order valence-electron chi connectivity index (χ3n) is 4.40. The van der Waals surface area contributed by atoms with Crippen LogP contribution in [0.4, 0.5) is 4.79 Å². The maximum absolute atomic E-state index is 12.6. The molecule has 0 unspecified atom stereocenters. The minimum atomic E-state index is -0.751. The first-order chi connectivity index (χ1) is 13.1. The Bertz CT molecular complexity index is 891. The molecule has 1 N–H and O–H groups in total. The molecule has 1 fully saturated rings. The summed E-state index contributed by atoms with van der Waals surface area (Å²) in [5.74, 6) is 0.359. The van der Waals surface area contributed by atoms with Crippen molar-refractivity contribution in [2.24, 2.45) is 0 Å². The van der Waals surface area contributed by atoms with Gasteiger partial charge in [0, 0.05) is 12.1 Å². The number of amides is 2. The van der Waals surface area contributed by atoms with Crippen molar-refractivity contribution in [2.75, 3.05) is 13.7 Å². The lowest BCUT2D eigenvalue weighted by Crippen LogP contribution is -2.45. The van der Waals surface area contributed by atoms with Gasteiger partial charge in [-0.2, -0.15) is 5.26 Å². The summed E-state index contributed by atoms with van der Waals surface area (Å²) in [7, 11) is 1.57. The van der Waals surface area contributed by atoms with E-state index in [-0.39, 0.29) is 25.6 Å². The van der Waals surface area contributed by atoms with Crippen molar-refractivity contribution >= 4 is 12.0 Å². The maximum atomic E-state index is 12.6. The number of para-hydroxylation sites is 1. The Kier molecular flexibility index (Phi) is 5.57. The van der Waals surface area contributed by atoms with Gasteiger partial charge >= 0.3 is 6.09 Å². The number of cyclic esters (lactones) is 1. The van der Waals surface area contributed by atoms with E-state index < -0.39 is 12.1 Å². The highest BCUT2D eigenvalue weighted by Gasteiger charge is 2.38. The van der Waals surface area contributed by atoms with Gasteiger partial charge in [0.2, 0.25) is 5.91 Å². The van der Waals surface area contributed by atoms with Gasteiger partial charge in [0.15, 0.2) is 0 Å². The third-order valence-corrected chi connectivity index (χ3v) is 4.40. The molecule has 7 nitrogen and oxygen atoms in total. The molecular weight excluding hydrogens is 346 g/mol. The van der Waals surface area contributed by atoms with E-state index >= 15 is 0 Å². The van der Waals surface area contributed by atoms with Crippen LogP contribution >= 0.6 is 0 Å². The number of nitrogens with zero attached hydrogens (tertiary/aromatic N) is 2. The number of ether oxygens (including phenoxy) is 2. The lowest BCUT2D eigenvalue weighted by atomic mass is 10.1. The first kappa shape index (κ1) is 18.3. The fraction of sp³-hybridized carbons (Fsp3) is 0.250. The van der Waals surface area contributed by atoms with Crippen LogP contribution in [0.3, 0.4) is 0 Å². The van der Waals surface area contributed by atoms with Crippen molar-refractivity contribution in [1.29, 1.82) is 5.26 Å². The lowest BCUT2D eigenvalue weighted by Gasteiger charge is -2.21. The molecule has 1 saturated heterocycles. The normalized spacial score (nSPS) is 15.8. The van der Waals surface area contributed by atoms with Crippen LogP contribution < -0.4 is 10.1 Å². The van der Waals surface area contributed by atoms with E-state index in [9.17, 15) is 14.9 Å². The number of methoxy groups -OCH3 is 1. The molecule has 138 valence electrons. The minimum Gasteiger partial charge on any atom is -0.496 e. The largest absolute Gasteiger partial charge is 0.496 e. The monoisotopic (exact) mass is 365 g/mol. The highest BCUT2D eigenvalue weighted by molar-refractivity contribution is 5.88. The highest BCUT2D eigenvalue weighted by Crippen LogP contribution is 2.20. The van der Waals surface area contributed by atoms with Crippen LogP contribution in [0.2, 0.25) is 0 Å². The zero-order chi connectivity index (χ0) is 19.2. The van der Waals surface area contributed by atoms with E-state index in [1.807, 2.05) is 24.3 Å². The van der Waals surface area contributed by atoms with Gasteiger partial charge in [0.25, 0.3) is 0 Å². The first-order valence-corrected chi connectivity index (χ1v) is 8.45. The number of nitrogens with one attached hydrogen (secondary N) is 1. The van der Waals surface area contributed by atoms with Gasteiger partial charge in [-0.25, -0.2) is 4.79 Å². The molecule has 1 atom stereocenters. The smallest absolute Gasteiger partial charge is 0.410 e. The number of carbonyl (C=O) groups excluding carboxylic acids is 2. The van der Waals surface area contributed by atoms with Crippen molar-refractivity contribution in [1.82, 2.24) is 10.2 Å². The standard InChI is InChI=1S/C20H19N3O4/c1-26-18-9-5-4-7-15(18)11-22-19(24)17-13-27-20(25)23(17)12-16-8-3-2-6-14(16)10-21/h2-9,17H,11-13H2,1H3,(H,22,24)/t17-/m0/s1. The molecule has 0 spiro atoms. The molecule has 0 saturated carbocycles. The van der Waals surface area contributed by atoms with Crippen LogP contribution in [-0.2, 0) is 22.6 Å². The van der Waals surface area contributed by atoms with Crippen LogP contribution in [0.5, 0.6) is 5.75 Å². The zero-order valence-electron chi connectivity index (χ0n) is 14.8. The molecule has 0 bridgehead atoms. The molecular formula is C20H19N3O4. The lowest BCUT2D eigenvalue weighted by molar-refractivity contribution is -0.125. The Morgan fingerprint density at radius 1 is 1.26 bits per heavy atom. The number of nitriles is 1. The number of hydrogen-bond acceptors (Lipinski definition) is 5. The summed E-state index contributed by atoms with van der Waals surface area (Å²) in [6, 6.07) is 15.7. The minimum absolute atomic E-state index is 0.0225. The van der Waals surface area contributed by atoms with Gasteiger partial charge in [-0.1, -0.05) is 36.4 Å². The van der Waals surface area contributed by atoms with Crippen LogP contribution in [0.15, 0.2) is 48.5 Å². The summed E-state index contributed by atoms with van der Waals surface area (Å²) in [6.45, 7) is 0.386. The molecule has 7 heteroatoms. The molecule has 1 heterocycles. The third kappa shape index (κ3) is 4.01. The molecule has 3 rings (SSSR count). The fourth-order valence-electron chi connectivity index (χ4n) is 2.94. The molecule has 1 aliphatic rings. The van der Waals surface area contributed by atoms with Gasteiger partial charge < -0.3 is 14.8 Å². The van der Waals surface area contributed by atoms with E-state index in [2.05, 4.69) is 11.4 Å². The predicted octanol–water partition coefficient (Wildman–Crippen LogP) is 2.20. The van der Waals surface area contributed by atoms with Crippen LogP contribution in [0.25, 0.3) is 0 Å². The van der Waals surface area contributed by atoms with Gasteiger partial charge in [0.05, 0.1) is 25.3 Å². The number of carbonyl (C=O) groups is 2. The quantitative estimate of drug-likeness (QED) is 0.847. The summed E-state index contributed by atoms with van der Waals surface area (Å²) < 4.78 is 10.3. The number of benzene rings is 2. The Balaban J connectivity index is 1.70. The zero-order valence-corrected chi connectivity index (χ0v) is 14.8. The number of hydrogen-bond donors (Lipinski definition) is 1. The van der Waals surface area contributed by atoms with Crippen molar-refractivity contribution < 1.29 is 19.1 Å².